The molecule has 1 aliphatic heterocycles. The van der Waals surface area contributed by atoms with Crippen molar-refractivity contribution in [3.8, 4) is 0 Å². The standard InChI is InChI=1S/C24H38F2O/c1-2-3-4-5-19-8-15-23(27-17-19)22-13-11-21(12-14-22)20-9-6-18(7-10-20)16-24(25)26/h4-5,16,18-23H,2-3,6-15,17H2,1H3. The van der Waals surface area contributed by atoms with Crippen LogP contribution in [0, 0.1) is 29.6 Å². The molecular weight excluding hydrogens is 342 g/mol. The summed E-state index contributed by atoms with van der Waals surface area (Å²) in [5.41, 5.74) is 0. The SMILES string of the molecule is CCCC=CC1CCC(C2CCC(C3CCC(C=C(F)F)CC3)CC2)OC1. The fourth-order valence-electron chi connectivity index (χ4n) is 5.72. The monoisotopic (exact) mass is 380 g/mol. The normalized spacial score (nSPS) is 38.0. The van der Waals surface area contributed by atoms with E-state index in [0.717, 1.165) is 50.0 Å². The van der Waals surface area contributed by atoms with Crippen molar-refractivity contribution in [3.63, 3.8) is 0 Å². The molecule has 0 N–H and O–H groups in total. The lowest BCUT2D eigenvalue weighted by atomic mass is 9.68. The van der Waals surface area contributed by atoms with E-state index in [2.05, 4.69) is 19.1 Å². The van der Waals surface area contributed by atoms with Gasteiger partial charge in [0, 0.05) is 5.92 Å². The van der Waals surface area contributed by atoms with Crippen molar-refractivity contribution in [3.05, 3.63) is 24.3 Å². The summed E-state index contributed by atoms with van der Waals surface area (Å²) in [6.45, 7) is 3.13. The first-order chi connectivity index (χ1) is 13.2. The molecule has 0 aromatic rings. The minimum Gasteiger partial charge on any atom is -0.377 e. The van der Waals surface area contributed by atoms with E-state index in [1.165, 1.54) is 57.4 Å². The van der Waals surface area contributed by atoms with Crippen LogP contribution in [0.25, 0.3) is 0 Å². The molecule has 0 aromatic carbocycles. The number of ether oxygens (including phenoxy) is 1. The van der Waals surface area contributed by atoms with E-state index in [9.17, 15) is 8.78 Å². The van der Waals surface area contributed by atoms with E-state index in [-0.39, 0.29) is 5.92 Å². The van der Waals surface area contributed by atoms with Gasteiger partial charge in [-0.3, -0.25) is 0 Å². The zero-order chi connectivity index (χ0) is 19.1. The molecule has 27 heavy (non-hydrogen) atoms. The number of halogens is 2. The Bertz CT molecular complexity index is 473. The van der Waals surface area contributed by atoms with Crippen LogP contribution in [0.4, 0.5) is 8.78 Å². The minimum atomic E-state index is -1.49. The van der Waals surface area contributed by atoms with Crippen LogP contribution in [-0.2, 0) is 4.74 Å². The van der Waals surface area contributed by atoms with Gasteiger partial charge in [-0.1, -0.05) is 25.5 Å². The molecule has 3 rings (SSSR count). The molecule has 1 saturated heterocycles. The molecule has 2 aliphatic carbocycles. The highest BCUT2D eigenvalue weighted by molar-refractivity contribution is 4.94. The summed E-state index contributed by atoms with van der Waals surface area (Å²) in [4.78, 5) is 0. The molecule has 0 bridgehead atoms. The average Bonchev–Trinajstić information content (AvgIpc) is 2.69. The van der Waals surface area contributed by atoms with Gasteiger partial charge in [0.2, 0.25) is 0 Å². The van der Waals surface area contributed by atoms with Gasteiger partial charge >= 0.3 is 0 Å². The number of hydrogen-bond acceptors (Lipinski definition) is 1. The van der Waals surface area contributed by atoms with Gasteiger partial charge in [-0.25, -0.2) is 0 Å². The molecule has 2 saturated carbocycles. The summed E-state index contributed by atoms with van der Waals surface area (Å²) in [5.74, 6) is 3.11. The molecule has 0 radical (unpaired) electrons. The number of rotatable bonds is 6. The Hall–Kier alpha value is -0.700. The van der Waals surface area contributed by atoms with Crippen LogP contribution in [0.2, 0.25) is 0 Å². The van der Waals surface area contributed by atoms with Crippen molar-refractivity contribution in [2.24, 2.45) is 29.6 Å². The second-order valence-corrected chi connectivity index (χ2v) is 9.23. The summed E-state index contributed by atoms with van der Waals surface area (Å²) in [7, 11) is 0. The lowest BCUT2D eigenvalue weighted by Crippen LogP contribution is -2.35. The van der Waals surface area contributed by atoms with Gasteiger partial charge in [0.1, 0.15) is 0 Å². The zero-order valence-corrected chi connectivity index (χ0v) is 17.1. The second-order valence-electron chi connectivity index (χ2n) is 9.23. The van der Waals surface area contributed by atoms with Gasteiger partial charge in [0.05, 0.1) is 12.7 Å². The van der Waals surface area contributed by atoms with Gasteiger partial charge in [0.15, 0.2) is 0 Å². The number of allylic oxidation sites excluding steroid dienone is 2. The molecule has 3 aliphatic rings. The Kier molecular flexibility index (Phi) is 8.36. The van der Waals surface area contributed by atoms with Crippen LogP contribution >= 0.6 is 0 Å². The average molecular weight is 381 g/mol. The molecular formula is C24H38F2O. The topological polar surface area (TPSA) is 9.23 Å². The van der Waals surface area contributed by atoms with Crippen molar-refractivity contribution in [1.82, 2.24) is 0 Å². The van der Waals surface area contributed by atoms with Crippen molar-refractivity contribution in [1.29, 1.82) is 0 Å². The fraction of sp³-hybridized carbons (Fsp3) is 0.833. The Morgan fingerprint density at radius 3 is 1.96 bits per heavy atom. The Labute approximate surface area is 164 Å². The van der Waals surface area contributed by atoms with E-state index in [4.69, 9.17) is 4.74 Å². The zero-order valence-electron chi connectivity index (χ0n) is 17.1. The van der Waals surface area contributed by atoms with Crippen LogP contribution in [0.1, 0.15) is 84.0 Å². The molecule has 0 amide bonds. The molecule has 0 spiro atoms. The maximum atomic E-state index is 12.4. The first-order valence-corrected chi connectivity index (χ1v) is 11.5. The highest BCUT2D eigenvalue weighted by Crippen LogP contribution is 2.43. The van der Waals surface area contributed by atoms with E-state index in [1.807, 2.05) is 0 Å². The van der Waals surface area contributed by atoms with E-state index in [0.29, 0.717) is 12.0 Å². The van der Waals surface area contributed by atoms with Crippen molar-refractivity contribution < 1.29 is 13.5 Å². The van der Waals surface area contributed by atoms with E-state index >= 15 is 0 Å². The van der Waals surface area contributed by atoms with Crippen LogP contribution in [-0.4, -0.2) is 12.7 Å². The first-order valence-electron chi connectivity index (χ1n) is 11.5. The third kappa shape index (κ3) is 6.41. The second kappa shape index (κ2) is 10.7. The smallest absolute Gasteiger partial charge is 0.266 e. The number of unbranched alkanes of at least 4 members (excludes halogenated alkanes) is 1. The Morgan fingerprint density at radius 1 is 0.815 bits per heavy atom. The van der Waals surface area contributed by atoms with Crippen LogP contribution in [0.3, 0.4) is 0 Å². The maximum absolute atomic E-state index is 12.4. The highest BCUT2D eigenvalue weighted by atomic mass is 19.3. The predicted molar refractivity (Wildman–Crippen MR) is 108 cm³/mol. The number of hydrogen-bond donors (Lipinski definition) is 0. The summed E-state index contributed by atoms with van der Waals surface area (Å²) < 4.78 is 31.1. The van der Waals surface area contributed by atoms with Gasteiger partial charge in [0.25, 0.3) is 6.08 Å². The van der Waals surface area contributed by atoms with Gasteiger partial charge in [-0.05, 0) is 100 Å². The highest BCUT2D eigenvalue weighted by Gasteiger charge is 2.34. The lowest BCUT2D eigenvalue weighted by Gasteiger charge is -2.40. The van der Waals surface area contributed by atoms with Crippen molar-refractivity contribution in [2.45, 2.75) is 90.1 Å². The molecule has 1 nitrogen and oxygen atoms in total. The van der Waals surface area contributed by atoms with Gasteiger partial charge < -0.3 is 4.74 Å². The largest absolute Gasteiger partial charge is 0.377 e. The quantitative estimate of drug-likeness (QED) is 0.433. The fourth-order valence-corrected chi connectivity index (χ4v) is 5.72. The predicted octanol–water partition coefficient (Wildman–Crippen LogP) is 7.53. The Morgan fingerprint density at radius 2 is 1.41 bits per heavy atom. The maximum Gasteiger partial charge on any atom is 0.266 e. The lowest BCUT2D eigenvalue weighted by molar-refractivity contribution is -0.0518. The molecule has 1 heterocycles. The molecule has 0 aromatic heterocycles. The summed E-state index contributed by atoms with van der Waals surface area (Å²) >= 11 is 0. The third-order valence-corrected chi connectivity index (χ3v) is 7.40. The van der Waals surface area contributed by atoms with Crippen molar-refractivity contribution >= 4 is 0 Å². The van der Waals surface area contributed by atoms with Crippen LogP contribution in [0.15, 0.2) is 24.3 Å². The third-order valence-electron chi connectivity index (χ3n) is 7.40. The molecule has 154 valence electrons. The molecule has 2 unspecified atom stereocenters. The molecule has 2 atom stereocenters. The van der Waals surface area contributed by atoms with Gasteiger partial charge in [-0.2, -0.15) is 8.78 Å². The summed E-state index contributed by atoms with van der Waals surface area (Å²) in [6.07, 6.45) is 19.3. The summed E-state index contributed by atoms with van der Waals surface area (Å²) in [6, 6.07) is 0. The van der Waals surface area contributed by atoms with Crippen LogP contribution in [0.5, 0.6) is 0 Å². The molecule has 3 heteroatoms. The van der Waals surface area contributed by atoms with Crippen molar-refractivity contribution in [2.75, 3.05) is 6.61 Å². The van der Waals surface area contributed by atoms with Gasteiger partial charge in [-0.15, -0.1) is 0 Å². The minimum absolute atomic E-state index is 0.123. The van der Waals surface area contributed by atoms with E-state index < -0.39 is 6.08 Å². The Balaban J connectivity index is 1.36. The summed E-state index contributed by atoms with van der Waals surface area (Å²) in [5, 5.41) is 0. The molecule has 3 fully saturated rings. The van der Waals surface area contributed by atoms with Crippen LogP contribution < -0.4 is 0 Å². The van der Waals surface area contributed by atoms with E-state index in [1.54, 1.807) is 0 Å². The first kappa shape index (κ1) is 21.0.